The van der Waals surface area contributed by atoms with Gasteiger partial charge in [-0.15, -0.1) is 0 Å². The van der Waals surface area contributed by atoms with E-state index in [1.54, 1.807) is 19.1 Å². The number of para-hydroxylation sites is 1. The number of hydrogen-bond donors (Lipinski definition) is 1. The van der Waals surface area contributed by atoms with E-state index in [1.165, 1.54) is 0 Å². The summed E-state index contributed by atoms with van der Waals surface area (Å²) < 4.78 is 25.9. The van der Waals surface area contributed by atoms with Crippen LogP contribution in [0.3, 0.4) is 0 Å². The number of hydrogen-bond acceptors (Lipinski definition) is 3. The molecule has 0 radical (unpaired) electrons. The van der Waals surface area contributed by atoms with Crippen molar-refractivity contribution in [3.8, 4) is 11.3 Å². The van der Waals surface area contributed by atoms with Crippen molar-refractivity contribution in [1.29, 1.82) is 0 Å². The molecule has 22 heavy (non-hydrogen) atoms. The van der Waals surface area contributed by atoms with Crippen molar-refractivity contribution in [1.82, 2.24) is 4.98 Å². The number of aromatic nitrogens is 1. The Bertz CT molecular complexity index is 921. The van der Waals surface area contributed by atoms with E-state index in [4.69, 9.17) is 0 Å². The smallest absolute Gasteiger partial charge is 0.232 e. The van der Waals surface area contributed by atoms with Crippen LogP contribution in [0, 0.1) is 0 Å². The summed E-state index contributed by atoms with van der Waals surface area (Å²) in [6.45, 7) is 1.61. The fourth-order valence-electron chi connectivity index (χ4n) is 2.22. The number of sulfonamides is 1. The minimum atomic E-state index is -3.28. The maximum Gasteiger partial charge on any atom is 0.232 e. The Kier molecular flexibility index (Phi) is 3.81. The van der Waals surface area contributed by atoms with Gasteiger partial charge in [0.25, 0.3) is 0 Å². The monoisotopic (exact) mass is 312 g/mol. The third-order valence-electron chi connectivity index (χ3n) is 3.41. The van der Waals surface area contributed by atoms with Crippen molar-refractivity contribution < 1.29 is 8.42 Å². The number of benzene rings is 2. The van der Waals surface area contributed by atoms with Crippen LogP contribution in [0.2, 0.25) is 0 Å². The first kappa shape index (κ1) is 14.5. The van der Waals surface area contributed by atoms with Crippen LogP contribution in [-0.2, 0) is 10.0 Å². The standard InChI is InChI=1S/C17H16N2O2S/c1-2-22(20,21)19-15-8-5-7-14(12-15)17-11-10-13-6-3-4-9-16(13)18-17/h3-12,19H,2H2,1H3. The SMILES string of the molecule is CCS(=O)(=O)Nc1cccc(-c2ccc3ccccc3n2)c1. The number of nitrogens with one attached hydrogen (secondary N) is 1. The maximum absolute atomic E-state index is 11.7. The molecule has 0 saturated heterocycles. The van der Waals surface area contributed by atoms with Gasteiger partial charge in [-0.2, -0.15) is 0 Å². The number of nitrogens with zero attached hydrogens (tertiary/aromatic N) is 1. The van der Waals surface area contributed by atoms with E-state index in [0.717, 1.165) is 22.2 Å². The highest BCUT2D eigenvalue weighted by Crippen LogP contribution is 2.24. The largest absolute Gasteiger partial charge is 0.284 e. The van der Waals surface area contributed by atoms with Gasteiger partial charge in [0.2, 0.25) is 10.0 Å². The van der Waals surface area contributed by atoms with Crippen molar-refractivity contribution in [3.05, 3.63) is 60.7 Å². The second kappa shape index (κ2) is 5.77. The highest BCUT2D eigenvalue weighted by atomic mass is 32.2. The summed E-state index contributed by atoms with van der Waals surface area (Å²) >= 11 is 0. The predicted molar refractivity (Wildman–Crippen MR) is 90.3 cm³/mol. The lowest BCUT2D eigenvalue weighted by molar-refractivity contribution is 0.602. The molecule has 0 spiro atoms. The molecule has 112 valence electrons. The molecule has 5 heteroatoms. The van der Waals surface area contributed by atoms with Crippen LogP contribution in [-0.4, -0.2) is 19.2 Å². The van der Waals surface area contributed by atoms with Gasteiger partial charge in [-0.1, -0.05) is 36.4 Å². The van der Waals surface area contributed by atoms with Crippen molar-refractivity contribution in [2.24, 2.45) is 0 Å². The number of anilines is 1. The van der Waals surface area contributed by atoms with Gasteiger partial charge in [-0.25, -0.2) is 13.4 Å². The summed E-state index contributed by atoms with van der Waals surface area (Å²) in [5, 5.41) is 1.08. The van der Waals surface area contributed by atoms with Crippen LogP contribution in [0.4, 0.5) is 5.69 Å². The molecule has 0 saturated carbocycles. The van der Waals surface area contributed by atoms with E-state index < -0.39 is 10.0 Å². The molecule has 1 aromatic heterocycles. The van der Waals surface area contributed by atoms with Gasteiger partial charge in [-0.3, -0.25) is 4.72 Å². The maximum atomic E-state index is 11.7. The minimum absolute atomic E-state index is 0.0471. The molecule has 0 aliphatic heterocycles. The first-order valence-corrected chi connectivity index (χ1v) is 8.69. The first-order valence-electron chi connectivity index (χ1n) is 7.04. The molecule has 0 aliphatic rings. The van der Waals surface area contributed by atoms with Crippen LogP contribution in [0.5, 0.6) is 0 Å². The van der Waals surface area contributed by atoms with Gasteiger partial charge < -0.3 is 0 Å². The molecule has 0 unspecified atom stereocenters. The van der Waals surface area contributed by atoms with E-state index in [1.807, 2.05) is 48.5 Å². The molecule has 1 heterocycles. The zero-order chi connectivity index (χ0) is 15.6. The van der Waals surface area contributed by atoms with Crippen LogP contribution in [0.15, 0.2) is 60.7 Å². The molecule has 2 aromatic carbocycles. The molecule has 1 N–H and O–H groups in total. The lowest BCUT2D eigenvalue weighted by atomic mass is 10.1. The van der Waals surface area contributed by atoms with Crippen molar-refractivity contribution in [3.63, 3.8) is 0 Å². The highest BCUT2D eigenvalue weighted by molar-refractivity contribution is 7.92. The Hall–Kier alpha value is -2.40. The van der Waals surface area contributed by atoms with Gasteiger partial charge in [0.15, 0.2) is 0 Å². The quantitative estimate of drug-likeness (QED) is 0.799. The topological polar surface area (TPSA) is 59.1 Å². The molecular formula is C17H16N2O2S. The third-order valence-corrected chi connectivity index (χ3v) is 4.72. The van der Waals surface area contributed by atoms with Gasteiger partial charge in [0.1, 0.15) is 0 Å². The second-order valence-corrected chi connectivity index (χ2v) is 6.99. The van der Waals surface area contributed by atoms with Crippen LogP contribution >= 0.6 is 0 Å². The Morgan fingerprint density at radius 1 is 1.00 bits per heavy atom. The molecule has 0 fully saturated rings. The van der Waals surface area contributed by atoms with Crippen LogP contribution < -0.4 is 4.72 Å². The lowest BCUT2D eigenvalue weighted by Gasteiger charge is -2.08. The Balaban J connectivity index is 2.00. The van der Waals surface area contributed by atoms with Gasteiger partial charge in [0, 0.05) is 16.6 Å². The summed E-state index contributed by atoms with van der Waals surface area (Å²) in [7, 11) is -3.28. The Labute approximate surface area is 129 Å². The number of pyridine rings is 1. The number of fused-ring (bicyclic) bond motifs is 1. The average molecular weight is 312 g/mol. The predicted octanol–water partition coefficient (Wildman–Crippen LogP) is 3.66. The van der Waals surface area contributed by atoms with Crippen molar-refractivity contribution >= 4 is 26.6 Å². The van der Waals surface area contributed by atoms with Crippen LogP contribution in [0.25, 0.3) is 22.2 Å². The molecule has 0 atom stereocenters. The fourth-order valence-corrected chi connectivity index (χ4v) is 2.85. The molecule has 3 rings (SSSR count). The Morgan fingerprint density at radius 3 is 2.64 bits per heavy atom. The highest BCUT2D eigenvalue weighted by Gasteiger charge is 2.08. The summed E-state index contributed by atoms with van der Waals surface area (Å²) in [4.78, 5) is 4.63. The van der Waals surface area contributed by atoms with Crippen molar-refractivity contribution in [2.45, 2.75) is 6.92 Å². The Morgan fingerprint density at radius 2 is 1.82 bits per heavy atom. The van der Waals surface area contributed by atoms with Gasteiger partial charge in [0.05, 0.1) is 17.0 Å². The van der Waals surface area contributed by atoms with E-state index in [-0.39, 0.29) is 5.75 Å². The average Bonchev–Trinajstić information content (AvgIpc) is 2.54. The number of rotatable bonds is 4. The van der Waals surface area contributed by atoms with E-state index in [0.29, 0.717) is 5.69 Å². The molecule has 0 amide bonds. The fraction of sp³-hybridized carbons (Fsp3) is 0.118. The molecule has 0 aliphatic carbocycles. The minimum Gasteiger partial charge on any atom is -0.284 e. The lowest BCUT2D eigenvalue weighted by Crippen LogP contribution is -2.14. The molecule has 0 bridgehead atoms. The molecular weight excluding hydrogens is 296 g/mol. The van der Waals surface area contributed by atoms with Gasteiger partial charge in [-0.05, 0) is 31.2 Å². The zero-order valence-electron chi connectivity index (χ0n) is 12.2. The van der Waals surface area contributed by atoms with Crippen molar-refractivity contribution in [2.75, 3.05) is 10.5 Å². The molecule has 4 nitrogen and oxygen atoms in total. The van der Waals surface area contributed by atoms with Crippen LogP contribution in [0.1, 0.15) is 6.92 Å². The summed E-state index contributed by atoms with van der Waals surface area (Å²) in [5.74, 6) is 0.0471. The van der Waals surface area contributed by atoms with E-state index in [9.17, 15) is 8.42 Å². The third kappa shape index (κ3) is 3.09. The van der Waals surface area contributed by atoms with E-state index in [2.05, 4.69) is 9.71 Å². The summed E-state index contributed by atoms with van der Waals surface area (Å²) in [6, 6.07) is 19.1. The van der Waals surface area contributed by atoms with E-state index >= 15 is 0 Å². The first-order chi connectivity index (χ1) is 10.6. The second-order valence-electron chi connectivity index (χ2n) is 4.98. The summed E-state index contributed by atoms with van der Waals surface area (Å²) in [6.07, 6.45) is 0. The molecule has 3 aromatic rings. The zero-order valence-corrected chi connectivity index (χ0v) is 13.0. The summed E-state index contributed by atoms with van der Waals surface area (Å²) in [5.41, 5.74) is 3.16. The van der Waals surface area contributed by atoms with Gasteiger partial charge >= 0.3 is 0 Å². The normalized spacial score (nSPS) is 11.5.